The Kier molecular flexibility index (Phi) is 10.1. The third-order valence-corrected chi connectivity index (χ3v) is 8.96. The second kappa shape index (κ2) is 14.0. The molecule has 1 saturated carbocycles. The first-order chi connectivity index (χ1) is 21.6. The van der Waals surface area contributed by atoms with Crippen molar-refractivity contribution in [2.45, 2.75) is 44.7 Å². The number of aromatic nitrogens is 2. The average Bonchev–Trinajstić information content (AvgIpc) is 3.89. The van der Waals surface area contributed by atoms with Crippen LogP contribution < -0.4 is 35.2 Å². The molecule has 14 heteroatoms. The predicted octanol–water partition coefficient (Wildman–Crippen LogP) is 6.23. The van der Waals surface area contributed by atoms with E-state index in [1.165, 1.54) is 51.3 Å². The fourth-order valence-electron chi connectivity index (χ4n) is 5.47. The zero-order chi connectivity index (χ0) is 32.2. The molecule has 2 aromatic carbocycles. The van der Waals surface area contributed by atoms with Gasteiger partial charge in [0.15, 0.2) is 0 Å². The maximum Gasteiger partial charge on any atom is 0.327 e. The Morgan fingerprint density at radius 1 is 0.889 bits per heavy atom. The summed E-state index contributed by atoms with van der Waals surface area (Å²) in [6.07, 6.45) is 6.18. The minimum atomic E-state index is -0.561. The molecule has 45 heavy (non-hydrogen) atoms. The van der Waals surface area contributed by atoms with Gasteiger partial charge in [0.1, 0.15) is 39.5 Å². The van der Waals surface area contributed by atoms with Gasteiger partial charge >= 0.3 is 6.03 Å². The van der Waals surface area contributed by atoms with Crippen LogP contribution in [0.3, 0.4) is 0 Å². The van der Waals surface area contributed by atoms with Crippen molar-refractivity contribution in [3.63, 3.8) is 0 Å². The molecule has 12 nitrogen and oxygen atoms in total. The number of amides is 3. The Balaban J connectivity index is 1.30. The van der Waals surface area contributed by atoms with Gasteiger partial charge in [0.2, 0.25) is 5.91 Å². The molecule has 2 aliphatic rings. The Morgan fingerprint density at radius 2 is 1.53 bits per heavy atom. The number of piperidine rings is 1. The number of ether oxygens (including phenoxy) is 2. The monoisotopic (exact) mass is 656 g/mol. The van der Waals surface area contributed by atoms with E-state index in [0.717, 1.165) is 37.7 Å². The summed E-state index contributed by atoms with van der Waals surface area (Å²) in [5.74, 6) is 1.10. The molecule has 0 radical (unpaired) electrons. The topological polar surface area (TPSA) is 124 Å². The number of rotatable bonds is 10. The highest BCUT2D eigenvalue weighted by atomic mass is 35.5. The molecule has 0 atom stereocenters. The molecule has 1 aliphatic heterocycles. The number of anilines is 6. The highest BCUT2D eigenvalue weighted by Gasteiger charge is 2.33. The summed E-state index contributed by atoms with van der Waals surface area (Å²) in [5.41, 5.74) is 2.46. The van der Waals surface area contributed by atoms with Gasteiger partial charge in [-0.25, -0.2) is 14.8 Å². The number of urea groups is 1. The molecule has 0 spiro atoms. The third-order valence-electron chi connectivity index (χ3n) is 8.21. The summed E-state index contributed by atoms with van der Waals surface area (Å²) >= 11 is 12.9. The molecule has 2 heterocycles. The van der Waals surface area contributed by atoms with Crippen molar-refractivity contribution >= 4 is 69.5 Å². The number of benzene rings is 2. The van der Waals surface area contributed by atoms with Gasteiger partial charge in [-0.15, -0.1) is 0 Å². The van der Waals surface area contributed by atoms with Crippen molar-refractivity contribution in [2.75, 3.05) is 67.2 Å². The van der Waals surface area contributed by atoms with E-state index < -0.39 is 6.03 Å². The van der Waals surface area contributed by atoms with Crippen LogP contribution in [0.5, 0.6) is 11.5 Å². The molecule has 0 bridgehead atoms. The number of hydrogen-bond acceptors (Lipinski definition) is 9. The van der Waals surface area contributed by atoms with Crippen LogP contribution >= 0.6 is 23.2 Å². The van der Waals surface area contributed by atoms with Crippen LogP contribution in [0.25, 0.3) is 0 Å². The number of hydrogen-bond donors (Lipinski definition) is 3. The summed E-state index contributed by atoms with van der Waals surface area (Å²) in [4.78, 5) is 40.1. The lowest BCUT2D eigenvalue weighted by atomic mass is 10.0. The second-order valence-corrected chi connectivity index (χ2v) is 11.9. The molecule has 1 aliphatic carbocycles. The summed E-state index contributed by atoms with van der Waals surface area (Å²) < 4.78 is 10.6. The van der Waals surface area contributed by atoms with Crippen molar-refractivity contribution in [1.29, 1.82) is 0 Å². The van der Waals surface area contributed by atoms with Crippen LogP contribution in [0.15, 0.2) is 36.7 Å². The van der Waals surface area contributed by atoms with E-state index >= 15 is 0 Å². The van der Waals surface area contributed by atoms with Gasteiger partial charge in [-0.05, 0) is 50.9 Å². The summed E-state index contributed by atoms with van der Waals surface area (Å²) in [6, 6.07) is 9.89. The van der Waals surface area contributed by atoms with Crippen molar-refractivity contribution in [3.05, 3.63) is 46.7 Å². The van der Waals surface area contributed by atoms with Crippen molar-refractivity contribution in [3.8, 4) is 11.5 Å². The first kappa shape index (κ1) is 32.4. The van der Waals surface area contributed by atoms with E-state index in [2.05, 4.69) is 42.8 Å². The zero-order valence-corrected chi connectivity index (χ0v) is 27.5. The van der Waals surface area contributed by atoms with Crippen molar-refractivity contribution < 1.29 is 19.1 Å². The van der Waals surface area contributed by atoms with E-state index in [-0.39, 0.29) is 33.1 Å². The molecule has 2 fully saturated rings. The maximum absolute atomic E-state index is 13.2. The third kappa shape index (κ3) is 7.46. The normalized spacial score (nSPS) is 15.1. The molecule has 3 aromatic rings. The lowest BCUT2D eigenvalue weighted by Crippen LogP contribution is -2.44. The number of nitrogens with zero attached hydrogens (tertiary/aromatic N) is 5. The number of methoxy groups -OCH3 is 2. The highest BCUT2D eigenvalue weighted by Crippen LogP contribution is 2.44. The molecule has 3 N–H and O–H groups in total. The van der Waals surface area contributed by atoms with E-state index in [4.69, 9.17) is 32.7 Å². The van der Waals surface area contributed by atoms with Gasteiger partial charge in [-0.3, -0.25) is 9.69 Å². The zero-order valence-electron chi connectivity index (χ0n) is 26.0. The van der Waals surface area contributed by atoms with E-state index in [1.54, 1.807) is 13.1 Å². The van der Waals surface area contributed by atoms with Crippen molar-refractivity contribution in [1.82, 2.24) is 14.9 Å². The molecule has 1 aromatic heterocycles. The number of carbonyl (C=O) groups is 2. The number of nitrogens with one attached hydrogen (secondary N) is 3. The summed E-state index contributed by atoms with van der Waals surface area (Å²) in [5, 5.41) is 9.15. The van der Waals surface area contributed by atoms with Gasteiger partial charge in [0.05, 0.1) is 31.3 Å². The van der Waals surface area contributed by atoms with Gasteiger partial charge in [-0.1, -0.05) is 23.2 Å². The number of halogens is 2. The molecule has 1 saturated heterocycles. The lowest BCUT2D eigenvalue weighted by molar-refractivity contribution is -0.114. The Bertz CT molecular complexity index is 1530. The predicted molar refractivity (Wildman–Crippen MR) is 179 cm³/mol. The molecule has 240 valence electrons. The van der Waals surface area contributed by atoms with Gasteiger partial charge in [0, 0.05) is 57.0 Å². The van der Waals surface area contributed by atoms with Crippen LogP contribution in [0.2, 0.25) is 10.0 Å². The van der Waals surface area contributed by atoms with Crippen molar-refractivity contribution in [2.24, 2.45) is 0 Å². The molecule has 5 rings (SSSR count). The first-order valence-corrected chi connectivity index (χ1v) is 15.5. The average molecular weight is 658 g/mol. The fourth-order valence-corrected chi connectivity index (χ4v) is 6.06. The molecular weight excluding hydrogens is 619 g/mol. The van der Waals surface area contributed by atoms with E-state index in [0.29, 0.717) is 29.1 Å². The summed E-state index contributed by atoms with van der Waals surface area (Å²) in [7, 11) is 6.69. The van der Waals surface area contributed by atoms with Gasteiger partial charge in [-0.2, -0.15) is 0 Å². The Morgan fingerprint density at radius 3 is 2.13 bits per heavy atom. The Hall–Kier alpha value is -4.00. The van der Waals surface area contributed by atoms with Crippen LogP contribution in [0, 0.1) is 0 Å². The number of carbonyl (C=O) groups excluding carboxylic acids is 2. The van der Waals surface area contributed by atoms with Gasteiger partial charge in [0.25, 0.3) is 0 Å². The van der Waals surface area contributed by atoms with Crippen LogP contribution in [-0.2, 0) is 4.79 Å². The highest BCUT2D eigenvalue weighted by molar-refractivity contribution is 6.41. The van der Waals surface area contributed by atoms with Crippen LogP contribution in [0.4, 0.5) is 39.2 Å². The smallest absolute Gasteiger partial charge is 0.327 e. The van der Waals surface area contributed by atoms with E-state index in [9.17, 15) is 9.59 Å². The minimum absolute atomic E-state index is 0.124. The largest absolute Gasteiger partial charge is 0.495 e. The fraction of sp³-hybridized carbons (Fsp3) is 0.419. The minimum Gasteiger partial charge on any atom is -0.495 e. The first-order valence-electron chi connectivity index (χ1n) is 14.7. The molecular formula is C31H38Cl2N8O4. The maximum atomic E-state index is 13.2. The SMILES string of the molecule is COc1cc(OC)c(Cl)c(NC(=O)N(C)c2cc(Nc3ccc(N4CCC(N(C)C5CC5)CC4)cc3NC(C)=O)ncn2)c1Cl. The standard InChI is InChI=1S/C31H38Cl2N8O4/c1-18(42)36-23-14-21(41-12-10-20(11-13-41)39(2)19-6-7-19)8-9-22(23)37-26-16-27(35-17-34-26)40(3)31(43)38-30-28(32)24(44-4)15-25(45-5)29(30)33/h8-9,14-17,19-20H,6-7,10-13H2,1-5H3,(H,36,42)(H,38,43)(H,34,35,37). The van der Waals surface area contributed by atoms with E-state index in [1.807, 2.05) is 18.2 Å². The second-order valence-electron chi connectivity index (χ2n) is 11.2. The summed E-state index contributed by atoms with van der Waals surface area (Å²) in [6.45, 7) is 3.38. The van der Waals surface area contributed by atoms with Crippen LogP contribution in [-0.4, -0.2) is 80.3 Å². The molecule has 0 unspecified atom stereocenters. The lowest BCUT2D eigenvalue weighted by Gasteiger charge is -2.38. The quantitative estimate of drug-likeness (QED) is 0.233. The Labute approximate surface area is 273 Å². The van der Waals surface area contributed by atoms with Gasteiger partial charge < -0.3 is 35.2 Å². The molecule has 3 amide bonds. The van der Waals surface area contributed by atoms with Crippen LogP contribution in [0.1, 0.15) is 32.6 Å².